The quantitative estimate of drug-likeness (QED) is 0.416. The van der Waals surface area contributed by atoms with E-state index in [-0.39, 0.29) is 10.2 Å². The van der Waals surface area contributed by atoms with Crippen LogP contribution in [0.5, 0.6) is 0 Å². The lowest BCUT2D eigenvalue weighted by atomic mass is 10.7. The summed E-state index contributed by atoms with van der Waals surface area (Å²) in [5.74, 6) is 0. The summed E-state index contributed by atoms with van der Waals surface area (Å²) in [7, 11) is 0. The molecule has 7 heavy (non-hydrogen) atoms. The fraction of sp³-hybridized carbons (Fsp3) is 0. The summed E-state index contributed by atoms with van der Waals surface area (Å²) in [6.45, 7) is 0. The monoisotopic (exact) mass is 138 g/mol. The maximum absolute atomic E-state index is 6.46. The number of nitrogens with one attached hydrogen (secondary N) is 1. The molecule has 0 aliphatic rings. The van der Waals surface area contributed by atoms with E-state index in [1.165, 1.54) is 0 Å². The third kappa shape index (κ3) is 2.48. The van der Waals surface area contributed by atoms with E-state index >= 15 is 0 Å². The van der Waals surface area contributed by atoms with Crippen LogP contribution >= 0.6 is 23.2 Å². The number of hydrogen-bond acceptors (Lipinski definition) is 2. The average Bonchev–Trinajstić information content (AvgIpc) is 1.65. The average molecular weight is 139 g/mol. The van der Waals surface area contributed by atoms with E-state index < -0.39 is 0 Å². The molecule has 0 radical (unpaired) electrons. The molecule has 0 spiro atoms. The summed E-state index contributed by atoms with van der Waals surface area (Å²) in [5, 5.41) is 6.49. The first-order valence-corrected chi connectivity index (χ1v) is 2.25. The second-order valence-electron chi connectivity index (χ2n) is 0.840. The van der Waals surface area contributed by atoms with Crippen molar-refractivity contribution in [3.05, 3.63) is 10.2 Å². The van der Waals surface area contributed by atoms with Gasteiger partial charge in [0.15, 0.2) is 0 Å². The SMILES string of the molecule is N=C/C(Cl)=C(\N)Cl. The molecule has 0 atom stereocenters. The van der Waals surface area contributed by atoms with Gasteiger partial charge < -0.3 is 11.1 Å². The van der Waals surface area contributed by atoms with Crippen LogP contribution in [-0.2, 0) is 0 Å². The molecule has 40 valence electrons. The Morgan fingerprint density at radius 3 is 2.00 bits per heavy atom. The molecule has 0 saturated carbocycles. The fourth-order valence-electron chi connectivity index (χ4n) is 0.0689. The van der Waals surface area contributed by atoms with E-state index in [1.807, 2.05) is 0 Å². The van der Waals surface area contributed by atoms with Crippen LogP contribution in [0.4, 0.5) is 0 Å². The highest BCUT2D eigenvalue weighted by Crippen LogP contribution is 2.03. The highest BCUT2D eigenvalue weighted by atomic mass is 35.5. The minimum Gasteiger partial charge on any atom is -0.388 e. The molecular formula is C3H4Cl2N2. The highest BCUT2D eigenvalue weighted by Gasteiger charge is 1.87. The van der Waals surface area contributed by atoms with Crippen molar-refractivity contribution in [3.8, 4) is 0 Å². The summed E-state index contributed by atoms with van der Waals surface area (Å²) in [5.41, 5.74) is 4.91. The van der Waals surface area contributed by atoms with E-state index in [9.17, 15) is 0 Å². The van der Waals surface area contributed by atoms with Gasteiger partial charge in [-0.2, -0.15) is 0 Å². The van der Waals surface area contributed by atoms with Gasteiger partial charge in [-0.05, 0) is 0 Å². The van der Waals surface area contributed by atoms with Gasteiger partial charge >= 0.3 is 0 Å². The van der Waals surface area contributed by atoms with Crippen LogP contribution in [0.3, 0.4) is 0 Å². The Labute approximate surface area is 51.4 Å². The Kier molecular flexibility index (Phi) is 2.79. The Balaban J connectivity index is 3.98. The molecule has 0 aliphatic carbocycles. The van der Waals surface area contributed by atoms with E-state index in [1.54, 1.807) is 0 Å². The summed E-state index contributed by atoms with van der Waals surface area (Å²) >= 11 is 10.3. The van der Waals surface area contributed by atoms with Crippen molar-refractivity contribution in [2.75, 3.05) is 0 Å². The van der Waals surface area contributed by atoms with E-state index in [4.69, 9.17) is 34.3 Å². The maximum Gasteiger partial charge on any atom is 0.120 e. The van der Waals surface area contributed by atoms with Crippen LogP contribution in [0.25, 0.3) is 0 Å². The third-order valence-electron chi connectivity index (χ3n) is 0.355. The molecule has 0 fully saturated rings. The molecule has 0 aromatic carbocycles. The number of allylic oxidation sites excluding steroid dienone is 1. The molecule has 0 unspecified atom stereocenters. The zero-order valence-electron chi connectivity index (χ0n) is 3.41. The summed E-state index contributed by atoms with van der Waals surface area (Å²) < 4.78 is 0. The highest BCUT2D eigenvalue weighted by molar-refractivity contribution is 6.45. The number of rotatable bonds is 1. The summed E-state index contributed by atoms with van der Waals surface area (Å²) in [4.78, 5) is 0. The lowest BCUT2D eigenvalue weighted by Gasteiger charge is -1.83. The van der Waals surface area contributed by atoms with Crippen LogP contribution in [-0.4, -0.2) is 6.21 Å². The molecule has 3 N–H and O–H groups in total. The standard InChI is InChI=1S/C3H4Cl2N2/c4-2(1-6)3(5)7/h1,6H,7H2/b3-2+,6-1?. The summed E-state index contributed by atoms with van der Waals surface area (Å²) in [6.07, 6.45) is 0.879. The van der Waals surface area contributed by atoms with Gasteiger partial charge in [0.05, 0.1) is 5.03 Å². The molecule has 0 bridgehead atoms. The van der Waals surface area contributed by atoms with Crippen LogP contribution in [0.15, 0.2) is 10.2 Å². The first-order valence-electron chi connectivity index (χ1n) is 1.49. The van der Waals surface area contributed by atoms with Gasteiger partial charge in [-0.3, -0.25) is 0 Å². The van der Waals surface area contributed by atoms with Crippen LogP contribution in [0.1, 0.15) is 0 Å². The van der Waals surface area contributed by atoms with Gasteiger partial charge in [-0.25, -0.2) is 0 Å². The molecule has 0 saturated heterocycles. The molecule has 0 amide bonds. The van der Waals surface area contributed by atoms with Crippen molar-refractivity contribution in [1.82, 2.24) is 0 Å². The Morgan fingerprint density at radius 1 is 1.57 bits per heavy atom. The van der Waals surface area contributed by atoms with Crippen molar-refractivity contribution < 1.29 is 0 Å². The van der Waals surface area contributed by atoms with Gasteiger partial charge in [0.2, 0.25) is 0 Å². The molecule has 0 aliphatic heterocycles. The Morgan fingerprint density at radius 2 is 2.00 bits per heavy atom. The molecule has 2 nitrogen and oxygen atoms in total. The molecule has 0 heterocycles. The van der Waals surface area contributed by atoms with E-state index in [0.29, 0.717) is 0 Å². The van der Waals surface area contributed by atoms with Gasteiger partial charge in [-0.1, -0.05) is 23.2 Å². The molecule has 0 aromatic rings. The van der Waals surface area contributed by atoms with Gasteiger partial charge in [0.1, 0.15) is 5.16 Å². The molecule has 4 heteroatoms. The number of nitrogens with two attached hydrogens (primary N) is 1. The van der Waals surface area contributed by atoms with Crippen molar-refractivity contribution >= 4 is 29.4 Å². The normalized spacial score (nSPS) is 12.9. The van der Waals surface area contributed by atoms with E-state index in [2.05, 4.69) is 0 Å². The van der Waals surface area contributed by atoms with Gasteiger partial charge in [0, 0.05) is 6.21 Å². The largest absolute Gasteiger partial charge is 0.388 e. The first kappa shape index (κ1) is 6.79. The summed E-state index contributed by atoms with van der Waals surface area (Å²) in [6, 6.07) is 0. The third-order valence-corrected chi connectivity index (χ3v) is 0.968. The Hall–Kier alpha value is -0.210. The Bertz CT molecular complexity index is 104. The van der Waals surface area contributed by atoms with Crippen LogP contribution < -0.4 is 5.73 Å². The van der Waals surface area contributed by atoms with Crippen LogP contribution in [0.2, 0.25) is 0 Å². The van der Waals surface area contributed by atoms with Crippen LogP contribution in [0, 0.1) is 5.41 Å². The lowest BCUT2D eigenvalue weighted by Crippen LogP contribution is -1.90. The van der Waals surface area contributed by atoms with Gasteiger partial charge in [0.25, 0.3) is 0 Å². The topological polar surface area (TPSA) is 49.9 Å². The predicted octanol–water partition coefficient (Wildman–Crippen LogP) is 1.24. The fourth-order valence-corrected chi connectivity index (χ4v) is 0.123. The van der Waals surface area contributed by atoms with Crippen molar-refractivity contribution in [1.29, 1.82) is 5.41 Å². The minimum absolute atomic E-state index is 0.0448. The second kappa shape index (κ2) is 2.88. The predicted molar refractivity (Wildman–Crippen MR) is 31.7 cm³/mol. The number of hydrogen-bond donors (Lipinski definition) is 2. The van der Waals surface area contributed by atoms with Crippen molar-refractivity contribution in [2.45, 2.75) is 0 Å². The van der Waals surface area contributed by atoms with Crippen molar-refractivity contribution in [2.24, 2.45) is 5.73 Å². The first-order chi connectivity index (χ1) is 3.18. The zero-order valence-corrected chi connectivity index (χ0v) is 4.92. The van der Waals surface area contributed by atoms with Crippen molar-refractivity contribution in [3.63, 3.8) is 0 Å². The minimum atomic E-state index is -0.0448. The lowest BCUT2D eigenvalue weighted by molar-refractivity contribution is 1.51. The molecular weight excluding hydrogens is 135 g/mol. The van der Waals surface area contributed by atoms with Gasteiger partial charge in [-0.15, -0.1) is 0 Å². The maximum atomic E-state index is 6.46. The number of halogens is 2. The zero-order chi connectivity index (χ0) is 5.86. The smallest absolute Gasteiger partial charge is 0.120 e. The molecule has 0 aromatic heterocycles. The second-order valence-corrected chi connectivity index (χ2v) is 1.65. The van der Waals surface area contributed by atoms with E-state index in [0.717, 1.165) is 6.21 Å². The molecule has 0 rings (SSSR count).